The number of hydrogen-bond donors (Lipinski definition) is 1. The van der Waals surface area contributed by atoms with E-state index in [0.717, 1.165) is 19.5 Å². The molecule has 1 atom stereocenters. The second-order valence-electron chi connectivity index (χ2n) is 6.09. The van der Waals surface area contributed by atoms with Gasteiger partial charge in [-0.1, -0.05) is 13.8 Å². The van der Waals surface area contributed by atoms with Crippen molar-refractivity contribution < 1.29 is 5.11 Å². The van der Waals surface area contributed by atoms with Crippen LogP contribution in [0.5, 0.6) is 0 Å². The van der Waals surface area contributed by atoms with E-state index in [0.29, 0.717) is 12.5 Å². The molecule has 0 radical (unpaired) electrons. The van der Waals surface area contributed by atoms with E-state index >= 15 is 0 Å². The molecule has 1 aliphatic rings. The Hall–Kier alpha value is -0.120. The highest BCUT2D eigenvalue weighted by molar-refractivity contribution is 4.86. The Bertz CT molecular complexity index is 204. The van der Waals surface area contributed by atoms with Crippen LogP contribution in [0.2, 0.25) is 0 Å². The van der Waals surface area contributed by atoms with Crippen LogP contribution in [0.25, 0.3) is 0 Å². The maximum atomic E-state index is 9.34. The molecule has 0 saturated carbocycles. The lowest BCUT2D eigenvalue weighted by molar-refractivity contribution is 0.0203. The number of likely N-dealkylation sites (tertiary alicyclic amines) is 1. The van der Waals surface area contributed by atoms with E-state index < -0.39 is 0 Å². The van der Waals surface area contributed by atoms with Gasteiger partial charge >= 0.3 is 0 Å². The molecule has 0 spiro atoms. The summed E-state index contributed by atoms with van der Waals surface area (Å²) in [5.74, 6) is 0.484. The predicted molar refractivity (Wildman–Crippen MR) is 68.6 cm³/mol. The largest absolute Gasteiger partial charge is 0.396 e. The zero-order valence-electron chi connectivity index (χ0n) is 11.4. The molecule has 1 heterocycles. The van der Waals surface area contributed by atoms with Crippen molar-refractivity contribution in [2.24, 2.45) is 11.3 Å². The fraction of sp³-hybridized carbons (Fsp3) is 1.00. The first kappa shape index (κ1) is 13.9. The van der Waals surface area contributed by atoms with Gasteiger partial charge in [0.1, 0.15) is 0 Å². The summed E-state index contributed by atoms with van der Waals surface area (Å²) in [6, 6.07) is 0. The Morgan fingerprint density at radius 3 is 2.56 bits per heavy atom. The van der Waals surface area contributed by atoms with Crippen LogP contribution >= 0.6 is 0 Å². The molecule has 0 aromatic rings. The van der Waals surface area contributed by atoms with Crippen molar-refractivity contribution in [3.05, 3.63) is 0 Å². The molecule has 1 saturated heterocycles. The zero-order chi connectivity index (χ0) is 12.2. The Labute approximate surface area is 100 Å². The Kier molecular flexibility index (Phi) is 5.22. The van der Waals surface area contributed by atoms with Crippen molar-refractivity contribution >= 4 is 0 Å². The first-order valence-electron chi connectivity index (χ1n) is 6.43. The second kappa shape index (κ2) is 5.99. The molecule has 3 nitrogen and oxygen atoms in total. The average molecular weight is 228 g/mol. The van der Waals surface area contributed by atoms with E-state index in [-0.39, 0.29) is 5.41 Å². The molecule has 1 aliphatic heterocycles. The highest BCUT2D eigenvalue weighted by Gasteiger charge is 2.34. The number of aliphatic hydroxyl groups excluding tert-OH is 1. The van der Waals surface area contributed by atoms with E-state index in [1.165, 1.54) is 19.5 Å². The van der Waals surface area contributed by atoms with E-state index in [4.69, 9.17) is 0 Å². The van der Waals surface area contributed by atoms with Crippen LogP contribution in [0.1, 0.15) is 26.7 Å². The standard InChI is InChI=1S/C13H28N2O/c1-13(2)11-15(8-5-7-14(3)4)9-6-12(13)10-16/h12,16H,5-11H2,1-4H3. The van der Waals surface area contributed by atoms with Gasteiger partial charge in [0.2, 0.25) is 0 Å². The molecule has 1 unspecified atom stereocenters. The second-order valence-corrected chi connectivity index (χ2v) is 6.09. The van der Waals surface area contributed by atoms with Gasteiger partial charge in [0, 0.05) is 13.2 Å². The molecular weight excluding hydrogens is 200 g/mol. The Balaban J connectivity index is 2.31. The van der Waals surface area contributed by atoms with Crippen molar-refractivity contribution in [3.8, 4) is 0 Å². The lowest BCUT2D eigenvalue weighted by Gasteiger charge is -2.43. The SMILES string of the molecule is CN(C)CCCN1CCC(CO)C(C)(C)C1. The van der Waals surface area contributed by atoms with Gasteiger partial charge in [-0.3, -0.25) is 0 Å². The van der Waals surface area contributed by atoms with Crippen LogP contribution in [0.3, 0.4) is 0 Å². The smallest absolute Gasteiger partial charge is 0.0465 e. The van der Waals surface area contributed by atoms with Crippen LogP contribution in [-0.4, -0.2) is 61.8 Å². The maximum absolute atomic E-state index is 9.34. The molecule has 1 N–H and O–H groups in total. The summed E-state index contributed by atoms with van der Waals surface area (Å²) in [6.45, 7) is 9.56. The van der Waals surface area contributed by atoms with E-state index in [9.17, 15) is 5.11 Å². The highest BCUT2D eigenvalue weighted by Crippen LogP contribution is 2.34. The van der Waals surface area contributed by atoms with Crippen LogP contribution in [-0.2, 0) is 0 Å². The molecule has 16 heavy (non-hydrogen) atoms. The number of rotatable bonds is 5. The number of hydrogen-bond acceptors (Lipinski definition) is 3. The van der Waals surface area contributed by atoms with Gasteiger partial charge in [0.15, 0.2) is 0 Å². The minimum atomic E-state index is 0.269. The third kappa shape index (κ3) is 4.04. The van der Waals surface area contributed by atoms with Crippen LogP contribution in [0.15, 0.2) is 0 Å². The van der Waals surface area contributed by atoms with Crippen molar-refractivity contribution in [3.63, 3.8) is 0 Å². The molecule has 1 fully saturated rings. The minimum absolute atomic E-state index is 0.269. The van der Waals surface area contributed by atoms with Gasteiger partial charge in [-0.2, -0.15) is 0 Å². The normalized spacial score (nSPS) is 26.2. The highest BCUT2D eigenvalue weighted by atomic mass is 16.3. The Morgan fingerprint density at radius 2 is 2.06 bits per heavy atom. The monoisotopic (exact) mass is 228 g/mol. The molecule has 0 aromatic carbocycles. The fourth-order valence-electron chi connectivity index (χ4n) is 2.65. The molecule has 1 rings (SSSR count). The molecule has 0 aromatic heterocycles. The Morgan fingerprint density at radius 1 is 1.38 bits per heavy atom. The number of nitrogens with zero attached hydrogens (tertiary/aromatic N) is 2. The number of piperidine rings is 1. The summed E-state index contributed by atoms with van der Waals surface area (Å²) < 4.78 is 0. The van der Waals surface area contributed by atoms with Gasteiger partial charge in [0.25, 0.3) is 0 Å². The quantitative estimate of drug-likeness (QED) is 0.768. The van der Waals surface area contributed by atoms with Crippen LogP contribution in [0.4, 0.5) is 0 Å². The number of aliphatic hydroxyl groups is 1. The van der Waals surface area contributed by atoms with Gasteiger partial charge in [0.05, 0.1) is 0 Å². The first-order chi connectivity index (χ1) is 7.45. The minimum Gasteiger partial charge on any atom is -0.396 e. The van der Waals surface area contributed by atoms with Crippen molar-refractivity contribution in [2.45, 2.75) is 26.7 Å². The van der Waals surface area contributed by atoms with Crippen molar-refractivity contribution in [1.82, 2.24) is 9.80 Å². The topological polar surface area (TPSA) is 26.7 Å². The summed E-state index contributed by atoms with van der Waals surface area (Å²) in [5.41, 5.74) is 0.269. The molecule has 0 aliphatic carbocycles. The van der Waals surface area contributed by atoms with Crippen molar-refractivity contribution in [2.75, 3.05) is 46.9 Å². The summed E-state index contributed by atoms with van der Waals surface area (Å²) in [5, 5.41) is 9.34. The summed E-state index contributed by atoms with van der Waals surface area (Å²) in [4.78, 5) is 4.79. The molecule has 0 bridgehead atoms. The van der Waals surface area contributed by atoms with E-state index in [1.807, 2.05) is 0 Å². The molecule has 3 heteroatoms. The molecule has 0 amide bonds. The fourth-order valence-corrected chi connectivity index (χ4v) is 2.65. The third-order valence-electron chi connectivity index (χ3n) is 3.83. The van der Waals surface area contributed by atoms with E-state index in [2.05, 4.69) is 37.7 Å². The summed E-state index contributed by atoms with van der Waals surface area (Å²) >= 11 is 0. The maximum Gasteiger partial charge on any atom is 0.0465 e. The van der Waals surface area contributed by atoms with E-state index in [1.54, 1.807) is 0 Å². The average Bonchev–Trinajstić information content (AvgIpc) is 2.16. The van der Waals surface area contributed by atoms with Gasteiger partial charge in [-0.05, 0) is 57.9 Å². The zero-order valence-corrected chi connectivity index (χ0v) is 11.4. The lowest BCUT2D eigenvalue weighted by atomic mass is 9.74. The lowest BCUT2D eigenvalue weighted by Crippen LogP contribution is -2.47. The molecular formula is C13H28N2O. The third-order valence-corrected chi connectivity index (χ3v) is 3.83. The van der Waals surface area contributed by atoms with Gasteiger partial charge < -0.3 is 14.9 Å². The van der Waals surface area contributed by atoms with Gasteiger partial charge in [-0.15, -0.1) is 0 Å². The van der Waals surface area contributed by atoms with Crippen LogP contribution in [0, 0.1) is 11.3 Å². The summed E-state index contributed by atoms with van der Waals surface area (Å²) in [7, 11) is 4.25. The summed E-state index contributed by atoms with van der Waals surface area (Å²) in [6.07, 6.45) is 2.39. The van der Waals surface area contributed by atoms with Gasteiger partial charge in [-0.25, -0.2) is 0 Å². The van der Waals surface area contributed by atoms with Crippen molar-refractivity contribution in [1.29, 1.82) is 0 Å². The first-order valence-corrected chi connectivity index (χ1v) is 6.43. The van der Waals surface area contributed by atoms with Crippen LogP contribution < -0.4 is 0 Å². The molecule has 96 valence electrons. The predicted octanol–water partition coefficient (Wildman–Crippen LogP) is 1.28.